The molecular formula is C14H15BN2. The van der Waals surface area contributed by atoms with Crippen molar-refractivity contribution in [2.24, 2.45) is 0 Å². The van der Waals surface area contributed by atoms with E-state index in [2.05, 4.69) is 65.1 Å². The Morgan fingerprint density at radius 2 is 1.35 bits per heavy atom. The maximum Gasteiger partial charge on any atom is 0.370 e. The van der Waals surface area contributed by atoms with Gasteiger partial charge in [-0.25, -0.2) is 0 Å². The lowest BCUT2D eigenvalue weighted by Gasteiger charge is -2.06. The summed E-state index contributed by atoms with van der Waals surface area (Å²) >= 11 is 0. The van der Waals surface area contributed by atoms with Gasteiger partial charge in [-0.2, -0.15) is 0 Å². The van der Waals surface area contributed by atoms with Crippen LogP contribution in [0.1, 0.15) is 5.56 Å². The highest BCUT2D eigenvalue weighted by atomic mass is 15.0. The van der Waals surface area contributed by atoms with Crippen LogP contribution in [-0.4, -0.2) is 6.98 Å². The molecule has 2 aromatic carbocycles. The summed E-state index contributed by atoms with van der Waals surface area (Å²) in [5.74, 6) is 0. The first kappa shape index (κ1) is 10.3. The molecule has 0 unspecified atom stereocenters. The summed E-state index contributed by atoms with van der Waals surface area (Å²) in [5, 5.41) is 6.99. The standard InChI is InChI=1S/C14H15BN2/c1-2-6-12(7-3-1)10-11-15-16-13-8-4-5-9-14(13)17-15/h1-9,16-17H,10-11H2. The van der Waals surface area contributed by atoms with Crippen LogP contribution in [0.2, 0.25) is 6.32 Å². The van der Waals surface area contributed by atoms with Gasteiger partial charge in [-0.15, -0.1) is 0 Å². The number of aryl methyl sites for hydroxylation is 1. The molecule has 3 rings (SSSR count). The number of anilines is 2. The SMILES string of the molecule is c1ccc(CCB2Nc3ccccc3N2)cc1. The summed E-state index contributed by atoms with van der Waals surface area (Å²) in [6, 6.07) is 19.0. The normalized spacial score (nSPS) is 12.8. The Morgan fingerprint density at radius 3 is 2.00 bits per heavy atom. The lowest BCUT2D eigenvalue weighted by atomic mass is 9.72. The van der Waals surface area contributed by atoms with E-state index in [1.54, 1.807) is 0 Å². The molecule has 17 heavy (non-hydrogen) atoms. The Morgan fingerprint density at radius 1 is 0.765 bits per heavy atom. The van der Waals surface area contributed by atoms with Gasteiger partial charge in [0.15, 0.2) is 0 Å². The smallest absolute Gasteiger partial charge is 0.370 e. The zero-order valence-corrected chi connectivity index (χ0v) is 9.69. The molecular weight excluding hydrogens is 207 g/mol. The zero-order valence-electron chi connectivity index (χ0n) is 9.69. The first-order valence-electron chi connectivity index (χ1n) is 6.08. The van der Waals surface area contributed by atoms with E-state index in [0.29, 0.717) is 6.98 Å². The predicted octanol–water partition coefficient (Wildman–Crippen LogP) is 3.25. The minimum absolute atomic E-state index is 0.354. The van der Waals surface area contributed by atoms with E-state index in [4.69, 9.17) is 0 Å². The minimum Gasteiger partial charge on any atom is -0.408 e. The summed E-state index contributed by atoms with van der Waals surface area (Å²) in [6.07, 6.45) is 2.19. The van der Waals surface area contributed by atoms with Gasteiger partial charge in [0, 0.05) is 11.4 Å². The summed E-state index contributed by atoms with van der Waals surface area (Å²) in [5.41, 5.74) is 3.82. The fourth-order valence-electron chi connectivity index (χ4n) is 2.25. The quantitative estimate of drug-likeness (QED) is 0.779. The number of para-hydroxylation sites is 2. The number of rotatable bonds is 3. The van der Waals surface area contributed by atoms with Crippen molar-refractivity contribution in [3.8, 4) is 0 Å². The monoisotopic (exact) mass is 222 g/mol. The van der Waals surface area contributed by atoms with Gasteiger partial charge in [0.05, 0.1) is 0 Å². The van der Waals surface area contributed by atoms with Gasteiger partial charge in [0.2, 0.25) is 0 Å². The molecule has 1 aliphatic heterocycles. The maximum atomic E-state index is 3.49. The fraction of sp³-hybridized carbons (Fsp3) is 0.143. The molecule has 0 spiro atoms. The topological polar surface area (TPSA) is 24.1 Å². The first-order valence-corrected chi connectivity index (χ1v) is 6.08. The number of nitrogens with one attached hydrogen (secondary N) is 2. The van der Waals surface area contributed by atoms with Crippen LogP contribution in [0.3, 0.4) is 0 Å². The number of hydrogen-bond acceptors (Lipinski definition) is 2. The highest BCUT2D eigenvalue weighted by molar-refractivity contribution is 6.68. The summed E-state index contributed by atoms with van der Waals surface area (Å²) < 4.78 is 0. The van der Waals surface area contributed by atoms with Crippen LogP contribution in [-0.2, 0) is 6.42 Å². The Hall–Kier alpha value is -1.90. The second-order valence-electron chi connectivity index (χ2n) is 4.41. The average Bonchev–Trinajstić information content (AvgIpc) is 2.80. The molecule has 0 bridgehead atoms. The van der Waals surface area contributed by atoms with Crippen molar-refractivity contribution in [1.82, 2.24) is 0 Å². The third kappa shape index (κ3) is 2.28. The van der Waals surface area contributed by atoms with Crippen LogP contribution in [0.25, 0.3) is 0 Å². The molecule has 0 atom stereocenters. The van der Waals surface area contributed by atoms with Gasteiger partial charge in [-0.05, 0) is 30.4 Å². The fourth-order valence-corrected chi connectivity index (χ4v) is 2.25. The molecule has 2 aromatic rings. The van der Waals surface area contributed by atoms with Crippen LogP contribution < -0.4 is 10.5 Å². The van der Waals surface area contributed by atoms with E-state index in [1.165, 1.54) is 16.9 Å². The van der Waals surface area contributed by atoms with Gasteiger partial charge in [0.25, 0.3) is 0 Å². The van der Waals surface area contributed by atoms with E-state index >= 15 is 0 Å². The first-order chi connectivity index (χ1) is 8.42. The van der Waals surface area contributed by atoms with Crippen LogP contribution in [0.4, 0.5) is 11.4 Å². The van der Waals surface area contributed by atoms with Crippen LogP contribution in [0, 0.1) is 0 Å². The molecule has 1 aliphatic rings. The molecule has 0 aliphatic carbocycles. The van der Waals surface area contributed by atoms with Crippen molar-refractivity contribution in [2.75, 3.05) is 10.5 Å². The second-order valence-corrected chi connectivity index (χ2v) is 4.41. The Labute approximate surface area is 102 Å². The van der Waals surface area contributed by atoms with Crippen molar-refractivity contribution in [3.05, 3.63) is 60.2 Å². The predicted molar refractivity (Wildman–Crippen MR) is 74.4 cm³/mol. The molecule has 0 radical (unpaired) electrons. The summed E-state index contributed by atoms with van der Waals surface area (Å²) in [4.78, 5) is 0. The van der Waals surface area contributed by atoms with Crippen LogP contribution in [0.5, 0.6) is 0 Å². The van der Waals surface area contributed by atoms with Gasteiger partial charge < -0.3 is 10.5 Å². The Balaban J connectivity index is 1.59. The maximum absolute atomic E-state index is 3.49. The van der Waals surface area contributed by atoms with Gasteiger partial charge in [0.1, 0.15) is 0 Å². The summed E-state index contributed by atoms with van der Waals surface area (Å²) in [6.45, 7) is 0.354. The lowest BCUT2D eigenvalue weighted by molar-refractivity contribution is 1.11. The van der Waals surface area contributed by atoms with E-state index < -0.39 is 0 Å². The van der Waals surface area contributed by atoms with Crippen LogP contribution in [0.15, 0.2) is 54.6 Å². The van der Waals surface area contributed by atoms with E-state index in [1.807, 2.05) is 0 Å². The molecule has 84 valence electrons. The molecule has 0 fully saturated rings. The van der Waals surface area contributed by atoms with E-state index in [9.17, 15) is 0 Å². The number of benzene rings is 2. The van der Waals surface area contributed by atoms with Gasteiger partial charge in [-0.3, -0.25) is 0 Å². The summed E-state index contributed by atoms with van der Waals surface area (Å²) in [7, 11) is 0. The third-order valence-corrected chi connectivity index (χ3v) is 3.15. The van der Waals surface area contributed by atoms with Crippen molar-refractivity contribution < 1.29 is 0 Å². The van der Waals surface area contributed by atoms with Gasteiger partial charge >= 0.3 is 6.98 Å². The van der Waals surface area contributed by atoms with Gasteiger partial charge in [-0.1, -0.05) is 42.5 Å². The number of hydrogen-bond donors (Lipinski definition) is 2. The van der Waals surface area contributed by atoms with Crippen molar-refractivity contribution in [1.29, 1.82) is 0 Å². The van der Waals surface area contributed by atoms with Crippen LogP contribution >= 0.6 is 0 Å². The molecule has 0 aromatic heterocycles. The molecule has 0 amide bonds. The zero-order chi connectivity index (χ0) is 11.5. The molecule has 2 nitrogen and oxygen atoms in total. The second kappa shape index (κ2) is 4.54. The molecule has 2 N–H and O–H groups in total. The lowest BCUT2D eigenvalue weighted by Crippen LogP contribution is -2.28. The highest BCUT2D eigenvalue weighted by Gasteiger charge is 2.23. The highest BCUT2D eigenvalue weighted by Crippen LogP contribution is 2.27. The van der Waals surface area contributed by atoms with Crippen molar-refractivity contribution >= 4 is 18.4 Å². The average molecular weight is 222 g/mol. The van der Waals surface area contributed by atoms with Crippen molar-refractivity contribution in [2.45, 2.75) is 12.7 Å². The minimum atomic E-state index is 0.354. The largest absolute Gasteiger partial charge is 0.408 e. The molecule has 0 saturated carbocycles. The molecule has 0 saturated heterocycles. The molecule has 1 heterocycles. The Bertz CT molecular complexity index is 474. The third-order valence-electron chi connectivity index (χ3n) is 3.15. The molecule has 3 heteroatoms. The van der Waals surface area contributed by atoms with Crippen molar-refractivity contribution in [3.63, 3.8) is 0 Å². The van der Waals surface area contributed by atoms with E-state index in [0.717, 1.165) is 12.7 Å². The number of fused-ring (bicyclic) bond motifs is 1. The van der Waals surface area contributed by atoms with E-state index in [-0.39, 0.29) is 0 Å². The Kier molecular flexibility index (Phi) is 2.74.